The maximum atomic E-state index is 13.2. The number of carbonyl (C=O) groups is 1. The Hall–Kier alpha value is -1.07. The van der Waals surface area contributed by atoms with Crippen molar-refractivity contribution in [2.75, 3.05) is 12.4 Å². The molecule has 0 saturated heterocycles. The summed E-state index contributed by atoms with van der Waals surface area (Å²) in [4.78, 5) is 11.2. The summed E-state index contributed by atoms with van der Waals surface area (Å²) in [5, 5.41) is 8.82. The zero-order valence-electron chi connectivity index (χ0n) is 8.85. The van der Waals surface area contributed by atoms with Crippen LogP contribution in [0, 0.1) is 5.82 Å². The van der Waals surface area contributed by atoms with Crippen LogP contribution in [0.3, 0.4) is 0 Å². The third-order valence-electron chi connectivity index (χ3n) is 1.87. The first-order valence-electron chi connectivity index (χ1n) is 4.87. The first-order valence-corrected chi connectivity index (χ1v) is 5.85. The number of rotatable bonds is 6. The van der Waals surface area contributed by atoms with Crippen molar-refractivity contribution in [2.45, 2.75) is 17.9 Å². The van der Waals surface area contributed by atoms with Gasteiger partial charge in [-0.15, -0.1) is 11.8 Å². The van der Waals surface area contributed by atoms with E-state index in [0.717, 1.165) is 11.8 Å². The molecule has 1 N–H and O–H groups in total. The molecule has 16 heavy (non-hydrogen) atoms. The van der Waals surface area contributed by atoms with Gasteiger partial charge in [-0.1, -0.05) is 12.1 Å². The summed E-state index contributed by atoms with van der Waals surface area (Å²) >= 11 is 1.14. The van der Waals surface area contributed by atoms with Crippen LogP contribution in [0.2, 0.25) is 0 Å². The highest BCUT2D eigenvalue weighted by molar-refractivity contribution is 7.99. The van der Waals surface area contributed by atoms with Crippen LogP contribution in [0.5, 0.6) is 0 Å². The number of hydrogen-bond donors (Lipinski definition) is 1. The number of hydrogen-bond acceptors (Lipinski definition) is 3. The summed E-state index contributed by atoms with van der Waals surface area (Å²) in [5.41, 5.74) is 0. The van der Waals surface area contributed by atoms with Crippen LogP contribution in [0.15, 0.2) is 29.2 Å². The molecule has 0 saturated carbocycles. The molecule has 0 heterocycles. The van der Waals surface area contributed by atoms with Gasteiger partial charge in [0, 0.05) is 17.3 Å². The molecule has 5 heteroatoms. The second kappa shape index (κ2) is 6.50. The van der Waals surface area contributed by atoms with E-state index >= 15 is 0 Å². The van der Waals surface area contributed by atoms with Gasteiger partial charge >= 0.3 is 5.97 Å². The van der Waals surface area contributed by atoms with Crippen molar-refractivity contribution in [1.29, 1.82) is 0 Å². The monoisotopic (exact) mass is 244 g/mol. The van der Waals surface area contributed by atoms with Crippen LogP contribution in [-0.4, -0.2) is 29.5 Å². The average molecular weight is 244 g/mol. The van der Waals surface area contributed by atoms with E-state index in [1.54, 1.807) is 25.1 Å². The fourth-order valence-electron chi connectivity index (χ4n) is 1.12. The molecule has 1 unspecified atom stereocenters. The van der Waals surface area contributed by atoms with E-state index in [9.17, 15) is 9.18 Å². The maximum absolute atomic E-state index is 13.2. The Kier molecular flexibility index (Phi) is 5.28. The summed E-state index contributed by atoms with van der Waals surface area (Å²) in [6, 6.07) is 6.27. The molecule has 0 spiro atoms. The Bertz CT molecular complexity index is 357. The normalized spacial score (nSPS) is 12.4. The lowest BCUT2D eigenvalue weighted by atomic mass is 10.3. The van der Waals surface area contributed by atoms with E-state index < -0.39 is 12.1 Å². The summed E-state index contributed by atoms with van der Waals surface area (Å²) < 4.78 is 18.2. The van der Waals surface area contributed by atoms with Gasteiger partial charge < -0.3 is 9.84 Å². The summed E-state index contributed by atoms with van der Waals surface area (Å²) in [7, 11) is 0. The zero-order valence-corrected chi connectivity index (χ0v) is 9.67. The van der Waals surface area contributed by atoms with E-state index in [1.165, 1.54) is 6.07 Å². The molecule has 0 bridgehead atoms. The summed E-state index contributed by atoms with van der Waals surface area (Å²) in [5.74, 6) is -1.16. The molecule has 0 radical (unpaired) electrons. The summed E-state index contributed by atoms with van der Waals surface area (Å²) in [6.45, 7) is 2.05. The zero-order chi connectivity index (χ0) is 12.0. The van der Waals surface area contributed by atoms with Crippen LogP contribution in [0.1, 0.15) is 6.92 Å². The molecule has 0 aliphatic carbocycles. The highest BCUT2D eigenvalue weighted by atomic mass is 32.2. The van der Waals surface area contributed by atoms with Crippen molar-refractivity contribution < 1.29 is 19.0 Å². The van der Waals surface area contributed by atoms with E-state index in [4.69, 9.17) is 9.84 Å². The number of thioether (sulfide) groups is 1. The highest BCUT2D eigenvalue weighted by Gasteiger charge is 2.18. The molecule has 0 aliphatic heterocycles. The molecule has 0 fully saturated rings. The number of benzene rings is 1. The van der Waals surface area contributed by atoms with Gasteiger partial charge in [-0.3, -0.25) is 0 Å². The Balaban J connectivity index is 2.55. The Morgan fingerprint density at radius 3 is 2.81 bits per heavy atom. The molecular weight excluding hydrogens is 231 g/mol. The standard InChI is InChI=1S/C11H13FO3S/c1-2-15-9(11(13)14)7-16-10-6-4-3-5-8(10)12/h3-6,9H,2,7H2,1H3,(H,13,14). The molecule has 0 aromatic heterocycles. The topological polar surface area (TPSA) is 46.5 Å². The molecule has 0 aliphatic rings. The van der Waals surface area contributed by atoms with Crippen molar-refractivity contribution in [1.82, 2.24) is 0 Å². The molecule has 3 nitrogen and oxygen atoms in total. The third-order valence-corrected chi connectivity index (χ3v) is 2.98. The quantitative estimate of drug-likeness (QED) is 0.781. The van der Waals surface area contributed by atoms with Gasteiger partial charge in [-0.05, 0) is 19.1 Å². The molecule has 1 rings (SSSR count). The minimum absolute atomic E-state index is 0.199. The second-order valence-electron chi connectivity index (χ2n) is 3.02. The average Bonchev–Trinajstić information content (AvgIpc) is 2.26. The number of carboxylic acids is 1. The highest BCUT2D eigenvalue weighted by Crippen LogP contribution is 2.22. The predicted molar refractivity (Wildman–Crippen MR) is 60.2 cm³/mol. The lowest BCUT2D eigenvalue weighted by Crippen LogP contribution is -2.26. The summed E-state index contributed by atoms with van der Waals surface area (Å²) in [6.07, 6.45) is -0.894. The largest absolute Gasteiger partial charge is 0.479 e. The van der Waals surface area contributed by atoms with Gasteiger partial charge in [0.25, 0.3) is 0 Å². The molecule has 88 valence electrons. The Morgan fingerprint density at radius 1 is 1.56 bits per heavy atom. The predicted octanol–water partition coefficient (Wildman–Crippen LogP) is 2.41. The van der Waals surface area contributed by atoms with Crippen LogP contribution in [-0.2, 0) is 9.53 Å². The van der Waals surface area contributed by atoms with E-state index in [-0.39, 0.29) is 11.6 Å². The lowest BCUT2D eigenvalue weighted by molar-refractivity contribution is -0.148. The van der Waals surface area contributed by atoms with Crippen molar-refractivity contribution in [3.8, 4) is 0 Å². The number of carboxylic acid groups (broad SMARTS) is 1. The maximum Gasteiger partial charge on any atom is 0.333 e. The third kappa shape index (κ3) is 3.83. The molecule has 0 amide bonds. The molecule has 1 aromatic carbocycles. The van der Waals surface area contributed by atoms with Gasteiger partial charge in [0.05, 0.1) is 0 Å². The van der Waals surface area contributed by atoms with E-state index in [2.05, 4.69) is 0 Å². The van der Waals surface area contributed by atoms with Gasteiger partial charge in [0.15, 0.2) is 6.10 Å². The van der Waals surface area contributed by atoms with Crippen molar-refractivity contribution in [3.05, 3.63) is 30.1 Å². The van der Waals surface area contributed by atoms with Gasteiger partial charge in [-0.2, -0.15) is 0 Å². The van der Waals surface area contributed by atoms with Crippen LogP contribution in [0.4, 0.5) is 4.39 Å². The fraction of sp³-hybridized carbons (Fsp3) is 0.364. The van der Waals surface area contributed by atoms with Crippen LogP contribution < -0.4 is 0 Å². The fourth-order valence-corrected chi connectivity index (χ4v) is 2.07. The van der Waals surface area contributed by atoms with Crippen molar-refractivity contribution in [3.63, 3.8) is 0 Å². The van der Waals surface area contributed by atoms with Crippen molar-refractivity contribution in [2.24, 2.45) is 0 Å². The SMILES string of the molecule is CCOC(CSc1ccccc1F)C(=O)O. The molecular formula is C11H13FO3S. The molecule has 1 atom stereocenters. The van der Waals surface area contributed by atoms with Crippen LogP contribution >= 0.6 is 11.8 Å². The van der Waals surface area contributed by atoms with Crippen LogP contribution in [0.25, 0.3) is 0 Å². The van der Waals surface area contributed by atoms with Crippen molar-refractivity contribution >= 4 is 17.7 Å². The van der Waals surface area contributed by atoms with Gasteiger partial charge in [-0.25, -0.2) is 9.18 Å². The van der Waals surface area contributed by atoms with Gasteiger partial charge in [0.2, 0.25) is 0 Å². The lowest BCUT2D eigenvalue weighted by Gasteiger charge is -2.11. The van der Waals surface area contributed by atoms with Gasteiger partial charge in [0.1, 0.15) is 5.82 Å². The Labute approximate surface area is 97.6 Å². The number of halogens is 1. The molecule has 1 aromatic rings. The smallest absolute Gasteiger partial charge is 0.333 e. The first kappa shape index (κ1) is 13.0. The number of ether oxygens (including phenoxy) is 1. The minimum atomic E-state index is -1.02. The minimum Gasteiger partial charge on any atom is -0.479 e. The Morgan fingerprint density at radius 2 is 2.25 bits per heavy atom. The van der Waals surface area contributed by atoms with E-state index in [0.29, 0.717) is 11.5 Å². The van der Waals surface area contributed by atoms with E-state index in [1.807, 2.05) is 0 Å². The second-order valence-corrected chi connectivity index (χ2v) is 4.09. The first-order chi connectivity index (χ1) is 7.65. The number of aliphatic carboxylic acids is 1.